The largest absolute Gasteiger partial charge is 0.489 e. The number of hydrogen-bond donors (Lipinski definition) is 2. The summed E-state index contributed by atoms with van der Waals surface area (Å²) in [7, 11) is 0. The van der Waals surface area contributed by atoms with Crippen LogP contribution in [0, 0.1) is 5.92 Å². The molecule has 1 amide bonds. The predicted octanol–water partition coefficient (Wildman–Crippen LogP) is 3.39. The number of nitrogens with two attached hydrogens (primary N) is 1. The van der Waals surface area contributed by atoms with Crippen LogP contribution in [0.2, 0.25) is 0 Å². The molecule has 2 unspecified atom stereocenters. The zero-order chi connectivity index (χ0) is 16.7. The van der Waals surface area contributed by atoms with Gasteiger partial charge in [-0.2, -0.15) is 0 Å². The highest BCUT2D eigenvalue weighted by Gasteiger charge is 2.19. The second-order valence-corrected chi connectivity index (χ2v) is 5.58. The molecule has 0 saturated carbocycles. The molecule has 130 valence electrons. The number of carbonyl (C=O) groups is 1. The number of anilines is 1. The lowest BCUT2D eigenvalue weighted by molar-refractivity contribution is -0.118. The van der Waals surface area contributed by atoms with E-state index >= 15 is 0 Å². The summed E-state index contributed by atoms with van der Waals surface area (Å²) < 4.78 is 5.72. The van der Waals surface area contributed by atoms with Crippen LogP contribution in [-0.2, 0) is 11.4 Å². The predicted molar refractivity (Wildman–Crippen MR) is 98.3 cm³/mol. The lowest BCUT2D eigenvalue weighted by Gasteiger charge is -2.18. The standard InChI is InChI=1S/C18H23N3O2.ClH/c1-3-13(2)17(19)18(22)21-15-7-4-8-16(10-15)23-12-14-6-5-9-20-11-14;/h4-11,13,17H,3,12,19H2,1-2H3,(H,21,22);1H. The maximum absolute atomic E-state index is 12.1. The quantitative estimate of drug-likeness (QED) is 0.803. The molecule has 24 heavy (non-hydrogen) atoms. The summed E-state index contributed by atoms with van der Waals surface area (Å²) in [6.45, 7) is 4.42. The number of pyridine rings is 1. The molecule has 0 bridgehead atoms. The molecule has 0 saturated heterocycles. The van der Waals surface area contributed by atoms with Crippen LogP contribution in [0.1, 0.15) is 25.8 Å². The van der Waals surface area contributed by atoms with E-state index in [-0.39, 0.29) is 24.2 Å². The fourth-order valence-electron chi connectivity index (χ4n) is 2.05. The van der Waals surface area contributed by atoms with Crippen molar-refractivity contribution in [2.75, 3.05) is 5.32 Å². The molecule has 5 nitrogen and oxygen atoms in total. The van der Waals surface area contributed by atoms with Gasteiger partial charge in [0.05, 0.1) is 6.04 Å². The molecule has 0 spiro atoms. The Bertz CT molecular complexity index is 637. The van der Waals surface area contributed by atoms with Gasteiger partial charge < -0.3 is 15.8 Å². The summed E-state index contributed by atoms with van der Waals surface area (Å²) in [5, 5.41) is 2.84. The molecule has 2 rings (SSSR count). The topological polar surface area (TPSA) is 77.2 Å². The minimum absolute atomic E-state index is 0. The van der Waals surface area contributed by atoms with E-state index in [4.69, 9.17) is 10.5 Å². The SMILES string of the molecule is CCC(C)C(N)C(=O)Nc1cccc(OCc2cccnc2)c1.Cl. The van der Waals surface area contributed by atoms with Crippen LogP contribution in [0.3, 0.4) is 0 Å². The van der Waals surface area contributed by atoms with Crippen LogP contribution in [0.15, 0.2) is 48.8 Å². The zero-order valence-electron chi connectivity index (χ0n) is 13.9. The van der Waals surface area contributed by atoms with Crippen molar-refractivity contribution < 1.29 is 9.53 Å². The number of nitrogens with zero attached hydrogens (tertiary/aromatic N) is 1. The maximum atomic E-state index is 12.1. The number of hydrogen-bond acceptors (Lipinski definition) is 4. The Morgan fingerprint density at radius 2 is 2.12 bits per heavy atom. The molecule has 3 N–H and O–H groups in total. The molecule has 0 aliphatic carbocycles. The fraction of sp³-hybridized carbons (Fsp3) is 0.333. The maximum Gasteiger partial charge on any atom is 0.241 e. The van der Waals surface area contributed by atoms with Crippen LogP contribution in [0.25, 0.3) is 0 Å². The van der Waals surface area contributed by atoms with Crippen molar-refractivity contribution >= 4 is 24.0 Å². The number of amides is 1. The summed E-state index contributed by atoms with van der Waals surface area (Å²) in [4.78, 5) is 16.2. The average molecular weight is 350 g/mol. The third kappa shape index (κ3) is 5.83. The van der Waals surface area contributed by atoms with E-state index in [0.29, 0.717) is 18.0 Å². The second kappa shape index (κ2) is 9.90. The van der Waals surface area contributed by atoms with Crippen molar-refractivity contribution in [2.24, 2.45) is 11.7 Å². The second-order valence-electron chi connectivity index (χ2n) is 5.58. The smallest absolute Gasteiger partial charge is 0.241 e. The van der Waals surface area contributed by atoms with Crippen molar-refractivity contribution in [3.8, 4) is 5.75 Å². The molecule has 0 aliphatic rings. The van der Waals surface area contributed by atoms with Gasteiger partial charge in [-0.3, -0.25) is 9.78 Å². The van der Waals surface area contributed by atoms with Crippen molar-refractivity contribution in [1.82, 2.24) is 4.98 Å². The van der Waals surface area contributed by atoms with Gasteiger partial charge in [0.15, 0.2) is 0 Å². The Balaban J connectivity index is 0.00000288. The minimum Gasteiger partial charge on any atom is -0.489 e. The first-order valence-corrected chi connectivity index (χ1v) is 7.78. The molecule has 1 heterocycles. The minimum atomic E-state index is -0.514. The van der Waals surface area contributed by atoms with Gasteiger partial charge in [-0.25, -0.2) is 0 Å². The summed E-state index contributed by atoms with van der Waals surface area (Å²) in [6, 6.07) is 10.6. The number of benzene rings is 1. The molecular weight excluding hydrogens is 326 g/mol. The highest BCUT2D eigenvalue weighted by molar-refractivity contribution is 5.95. The third-order valence-corrected chi connectivity index (χ3v) is 3.79. The molecule has 0 fully saturated rings. The Hall–Kier alpha value is -2.11. The third-order valence-electron chi connectivity index (χ3n) is 3.79. The Morgan fingerprint density at radius 3 is 2.79 bits per heavy atom. The van der Waals surface area contributed by atoms with E-state index in [1.165, 1.54) is 0 Å². The fourth-order valence-corrected chi connectivity index (χ4v) is 2.05. The first-order valence-electron chi connectivity index (χ1n) is 7.78. The normalized spacial score (nSPS) is 12.6. The average Bonchev–Trinajstić information content (AvgIpc) is 2.59. The highest BCUT2D eigenvalue weighted by Crippen LogP contribution is 2.19. The number of halogens is 1. The van der Waals surface area contributed by atoms with Crippen LogP contribution in [0.5, 0.6) is 5.75 Å². The van der Waals surface area contributed by atoms with Gasteiger partial charge in [0, 0.05) is 29.7 Å². The van der Waals surface area contributed by atoms with Crippen molar-refractivity contribution in [2.45, 2.75) is 32.9 Å². The van der Waals surface area contributed by atoms with Gasteiger partial charge in [0.1, 0.15) is 12.4 Å². The van der Waals surface area contributed by atoms with Gasteiger partial charge in [-0.05, 0) is 24.1 Å². The highest BCUT2D eigenvalue weighted by atomic mass is 35.5. The van der Waals surface area contributed by atoms with E-state index < -0.39 is 6.04 Å². The van der Waals surface area contributed by atoms with Crippen molar-refractivity contribution in [1.29, 1.82) is 0 Å². The summed E-state index contributed by atoms with van der Waals surface area (Å²) in [5.41, 5.74) is 7.61. The molecule has 1 aromatic heterocycles. The lowest BCUT2D eigenvalue weighted by Crippen LogP contribution is -2.40. The van der Waals surface area contributed by atoms with E-state index in [9.17, 15) is 4.79 Å². The van der Waals surface area contributed by atoms with Gasteiger partial charge in [-0.1, -0.05) is 32.4 Å². The van der Waals surface area contributed by atoms with Crippen molar-refractivity contribution in [3.63, 3.8) is 0 Å². The van der Waals surface area contributed by atoms with Gasteiger partial charge >= 0.3 is 0 Å². The summed E-state index contributed by atoms with van der Waals surface area (Å²) in [5.74, 6) is 0.646. The van der Waals surface area contributed by atoms with E-state index in [0.717, 1.165) is 12.0 Å². The van der Waals surface area contributed by atoms with E-state index in [2.05, 4.69) is 10.3 Å². The monoisotopic (exact) mass is 349 g/mol. The number of nitrogens with one attached hydrogen (secondary N) is 1. The summed E-state index contributed by atoms with van der Waals surface area (Å²) in [6.07, 6.45) is 4.35. The van der Waals surface area contributed by atoms with Crippen LogP contribution in [0.4, 0.5) is 5.69 Å². The molecule has 2 atom stereocenters. The molecule has 6 heteroatoms. The number of ether oxygens (including phenoxy) is 1. The van der Waals surface area contributed by atoms with Gasteiger partial charge in [0.2, 0.25) is 5.91 Å². The van der Waals surface area contributed by atoms with Crippen LogP contribution < -0.4 is 15.8 Å². The number of rotatable bonds is 7. The van der Waals surface area contributed by atoms with Crippen LogP contribution >= 0.6 is 12.4 Å². The lowest BCUT2D eigenvalue weighted by atomic mass is 9.99. The van der Waals surface area contributed by atoms with E-state index in [1.807, 2.05) is 44.2 Å². The Morgan fingerprint density at radius 1 is 1.33 bits per heavy atom. The first kappa shape index (κ1) is 19.9. The molecule has 0 radical (unpaired) electrons. The van der Waals surface area contributed by atoms with Gasteiger partial charge in [0.25, 0.3) is 0 Å². The Labute approximate surface area is 149 Å². The van der Waals surface area contributed by atoms with Crippen molar-refractivity contribution in [3.05, 3.63) is 54.4 Å². The molecule has 0 aliphatic heterocycles. The Kier molecular flexibility index (Phi) is 8.22. The van der Waals surface area contributed by atoms with E-state index in [1.54, 1.807) is 18.5 Å². The molecule has 2 aromatic rings. The van der Waals surface area contributed by atoms with Gasteiger partial charge in [-0.15, -0.1) is 12.4 Å². The van der Waals surface area contributed by atoms with Crippen LogP contribution in [-0.4, -0.2) is 16.9 Å². The number of aromatic nitrogens is 1. The zero-order valence-corrected chi connectivity index (χ0v) is 14.8. The molecular formula is C18H24ClN3O2. The first-order chi connectivity index (χ1) is 11.1. The molecule has 1 aromatic carbocycles. The summed E-state index contributed by atoms with van der Waals surface area (Å²) >= 11 is 0. The number of carbonyl (C=O) groups excluding carboxylic acids is 1.